The third-order valence-corrected chi connectivity index (χ3v) is 4.17. The van der Waals surface area contributed by atoms with Crippen molar-refractivity contribution in [2.75, 3.05) is 0 Å². The molecule has 0 spiro atoms. The Kier molecular flexibility index (Phi) is 3.20. The highest BCUT2D eigenvalue weighted by atomic mass is 32.1. The quantitative estimate of drug-likeness (QED) is 0.583. The van der Waals surface area contributed by atoms with Gasteiger partial charge < -0.3 is 9.55 Å². The minimum absolute atomic E-state index is 0.216. The normalized spacial score (nSPS) is 18.1. The van der Waals surface area contributed by atoms with Crippen LogP contribution in [0.3, 0.4) is 0 Å². The zero-order chi connectivity index (χ0) is 12.5. The number of rotatable bonds is 1. The molecule has 0 radical (unpaired) electrons. The molecule has 1 N–H and O–H groups in total. The maximum Gasteiger partial charge on any atom is 0.178 e. The van der Waals surface area contributed by atoms with E-state index in [0.717, 1.165) is 15.8 Å². The zero-order valence-electron chi connectivity index (χ0n) is 10.3. The second kappa shape index (κ2) is 4.84. The van der Waals surface area contributed by atoms with Crippen molar-refractivity contribution in [3.8, 4) is 0 Å². The number of H-pyrrole nitrogens is 1. The number of nitrogens with zero attached hydrogens (tertiary/aromatic N) is 1. The molecule has 0 aliphatic heterocycles. The van der Waals surface area contributed by atoms with Gasteiger partial charge in [0.05, 0.1) is 11.0 Å². The van der Waals surface area contributed by atoms with Crippen LogP contribution in [0.5, 0.6) is 0 Å². The summed E-state index contributed by atoms with van der Waals surface area (Å²) in [5, 5.41) is 0. The van der Waals surface area contributed by atoms with Crippen molar-refractivity contribution in [1.29, 1.82) is 0 Å². The Morgan fingerprint density at radius 2 is 1.89 bits per heavy atom. The Bertz CT molecular complexity index is 606. The molecule has 0 atom stereocenters. The fourth-order valence-corrected chi connectivity index (χ4v) is 3.34. The van der Waals surface area contributed by atoms with Gasteiger partial charge in [-0.15, -0.1) is 0 Å². The van der Waals surface area contributed by atoms with Crippen molar-refractivity contribution >= 4 is 23.3 Å². The Labute approximate surface area is 111 Å². The van der Waals surface area contributed by atoms with Gasteiger partial charge in [-0.1, -0.05) is 25.7 Å². The summed E-state index contributed by atoms with van der Waals surface area (Å²) >= 11 is 5.41. The summed E-state index contributed by atoms with van der Waals surface area (Å²) in [4.78, 5) is 3.12. The maximum atomic E-state index is 13.2. The Hall–Kier alpha value is -1.16. The lowest BCUT2D eigenvalue weighted by Crippen LogP contribution is -2.08. The largest absolute Gasteiger partial charge is 0.330 e. The van der Waals surface area contributed by atoms with E-state index in [9.17, 15) is 4.39 Å². The van der Waals surface area contributed by atoms with Crippen LogP contribution < -0.4 is 0 Å². The van der Waals surface area contributed by atoms with Gasteiger partial charge >= 0.3 is 0 Å². The van der Waals surface area contributed by atoms with Gasteiger partial charge in [0.1, 0.15) is 5.82 Å². The molecule has 0 bridgehead atoms. The molecular weight excluding hydrogens is 247 g/mol. The molecule has 1 fully saturated rings. The zero-order valence-corrected chi connectivity index (χ0v) is 11.1. The van der Waals surface area contributed by atoms with E-state index in [-0.39, 0.29) is 5.82 Å². The van der Waals surface area contributed by atoms with E-state index < -0.39 is 0 Å². The van der Waals surface area contributed by atoms with E-state index in [1.807, 2.05) is 6.07 Å². The van der Waals surface area contributed by atoms with E-state index >= 15 is 0 Å². The van der Waals surface area contributed by atoms with E-state index in [0.29, 0.717) is 6.04 Å². The Morgan fingerprint density at radius 1 is 1.17 bits per heavy atom. The number of nitrogens with one attached hydrogen (secondary N) is 1. The smallest absolute Gasteiger partial charge is 0.178 e. The first-order chi connectivity index (χ1) is 8.75. The number of hydrogen-bond donors (Lipinski definition) is 1. The highest BCUT2D eigenvalue weighted by molar-refractivity contribution is 7.71. The van der Waals surface area contributed by atoms with Crippen LogP contribution in [0.1, 0.15) is 44.6 Å². The first-order valence-electron chi connectivity index (χ1n) is 6.65. The first kappa shape index (κ1) is 11.9. The van der Waals surface area contributed by atoms with Crippen molar-refractivity contribution in [3.05, 3.63) is 28.8 Å². The van der Waals surface area contributed by atoms with Gasteiger partial charge in [0.25, 0.3) is 0 Å². The minimum Gasteiger partial charge on any atom is -0.330 e. The molecule has 1 aliphatic rings. The summed E-state index contributed by atoms with van der Waals surface area (Å²) in [6, 6.07) is 5.34. The highest BCUT2D eigenvalue weighted by Crippen LogP contribution is 2.30. The van der Waals surface area contributed by atoms with Crippen molar-refractivity contribution in [3.63, 3.8) is 0 Å². The lowest BCUT2D eigenvalue weighted by Gasteiger charge is -2.17. The van der Waals surface area contributed by atoms with Crippen LogP contribution >= 0.6 is 12.2 Å². The Morgan fingerprint density at radius 3 is 2.61 bits per heavy atom. The van der Waals surface area contributed by atoms with E-state index in [4.69, 9.17) is 12.2 Å². The van der Waals surface area contributed by atoms with Gasteiger partial charge in [-0.25, -0.2) is 4.39 Å². The second-order valence-corrected chi connectivity index (χ2v) is 5.49. The number of fused-ring (bicyclic) bond motifs is 1. The summed E-state index contributed by atoms with van der Waals surface area (Å²) in [6.07, 6.45) is 7.53. The van der Waals surface area contributed by atoms with Crippen molar-refractivity contribution in [1.82, 2.24) is 9.55 Å². The molecule has 0 unspecified atom stereocenters. The van der Waals surface area contributed by atoms with E-state index in [1.165, 1.54) is 50.7 Å². The monoisotopic (exact) mass is 264 g/mol. The Balaban J connectivity index is 2.09. The molecule has 1 saturated carbocycles. The third kappa shape index (κ3) is 2.09. The van der Waals surface area contributed by atoms with Gasteiger partial charge in [-0.2, -0.15) is 0 Å². The first-order valence-corrected chi connectivity index (χ1v) is 7.06. The van der Waals surface area contributed by atoms with Gasteiger partial charge in [0.2, 0.25) is 0 Å². The number of aromatic amines is 1. The summed E-state index contributed by atoms with van der Waals surface area (Å²) in [6.45, 7) is 0. The number of aromatic nitrogens is 2. The summed E-state index contributed by atoms with van der Waals surface area (Å²) in [5.74, 6) is -0.216. The molecule has 1 aromatic heterocycles. The van der Waals surface area contributed by atoms with Crippen molar-refractivity contribution in [2.45, 2.75) is 44.6 Å². The van der Waals surface area contributed by atoms with Gasteiger partial charge in [-0.3, -0.25) is 0 Å². The topological polar surface area (TPSA) is 20.7 Å². The van der Waals surface area contributed by atoms with Crippen LogP contribution in [0.2, 0.25) is 0 Å². The van der Waals surface area contributed by atoms with E-state index in [2.05, 4.69) is 9.55 Å². The standard InChI is InChI=1S/C14H17FN2S/c15-10-7-8-13-12(9-10)16-14(18)17(13)11-5-3-1-2-4-6-11/h7-9,11H,1-6H2,(H,16,18). The molecule has 2 nitrogen and oxygen atoms in total. The van der Waals surface area contributed by atoms with Crippen LogP contribution in [0, 0.1) is 10.6 Å². The van der Waals surface area contributed by atoms with E-state index in [1.54, 1.807) is 0 Å². The van der Waals surface area contributed by atoms with Gasteiger partial charge in [0.15, 0.2) is 4.77 Å². The highest BCUT2D eigenvalue weighted by Gasteiger charge is 2.17. The summed E-state index contributed by atoms with van der Waals surface area (Å²) < 4.78 is 16.1. The number of imidazole rings is 1. The molecule has 96 valence electrons. The average molecular weight is 264 g/mol. The van der Waals surface area contributed by atoms with Crippen LogP contribution in [-0.4, -0.2) is 9.55 Å². The number of hydrogen-bond acceptors (Lipinski definition) is 1. The molecule has 1 heterocycles. The van der Waals surface area contributed by atoms with Gasteiger partial charge in [0, 0.05) is 6.04 Å². The van der Waals surface area contributed by atoms with Crippen molar-refractivity contribution < 1.29 is 4.39 Å². The molecule has 3 rings (SSSR count). The number of benzene rings is 1. The molecule has 4 heteroatoms. The second-order valence-electron chi connectivity index (χ2n) is 5.11. The number of halogens is 1. The average Bonchev–Trinajstić information content (AvgIpc) is 2.54. The third-order valence-electron chi connectivity index (χ3n) is 3.87. The lowest BCUT2D eigenvalue weighted by atomic mass is 10.1. The lowest BCUT2D eigenvalue weighted by molar-refractivity contribution is 0.450. The van der Waals surface area contributed by atoms with Crippen LogP contribution in [-0.2, 0) is 0 Å². The summed E-state index contributed by atoms with van der Waals surface area (Å²) in [5.41, 5.74) is 1.84. The molecule has 0 saturated heterocycles. The van der Waals surface area contributed by atoms with Crippen LogP contribution in [0.25, 0.3) is 11.0 Å². The molecule has 18 heavy (non-hydrogen) atoms. The minimum atomic E-state index is -0.216. The predicted molar refractivity (Wildman–Crippen MR) is 73.8 cm³/mol. The SMILES string of the molecule is Fc1ccc2c(c1)[nH]c(=S)n2C1CCCCCC1. The molecule has 1 aromatic carbocycles. The maximum absolute atomic E-state index is 13.2. The van der Waals surface area contributed by atoms with Gasteiger partial charge in [-0.05, 0) is 43.3 Å². The van der Waals surface area contributed by atoms with Crippen LogP contribution in [0.15, 0.2) is 18.2 Å². The van der Waals surface area contributed by atoms with Crippen molar-refractivity contribution in [2.24, 2.45) is 0 Å². The molecule has 2 aromatic rings. The predicted octanol–water partition coefficient (Wildman–Crippen LogP) is 4.73. The summed E-state index contributed by atoms with van der Waals surface area (Å²) in [7, 11) is 0. The fourth-order valence-electron chi connectivity index (χ4n) is 2.98. The molecule has 0 amide bonds. The molecule has 1 aliphatic carbocycles. The van der Waals surface area contributed by atoms with Crippen LogP contribution in [0.4, 0.5) is 4.39 Å². The molecular formula is C14H17FN2S. The fraction of sp³-hybridized carbons (Fsp3) is 0.500.